The van der Waals surface area contributed by atoms with Gasteiger partial charge in [0.1, 0.15) is 23.0 Å². The highest BCUT2D eigenvalue weighted by molar-refractivity contribution is 5.53. The standard InChI is InChI=1S/C18H20O5/c1-20-11-8-16(22-3)13-10-14(19)18(23-17(13)9-11)12-6-4-5-7-15(12)21-2/h4-9,14,18-19H,10H2,1-3H3/t14-,18+/m0/s1. The van der Waals surface area contributed by atoms with E-state index >= 15 is 0 Å². The number of aliphatic hydroxyl groups excluding tert-OH is 1. The minimum atomic E-state index is -0.693. The van der Waals surface area contributed by atoms with Crippen LogP contribution in [0.15, 0.2) is 36.4 Å². The second-order valence-electron chi connectivity index (χ2n) is 5.36. The molecule has 2 aromatic rings. The van der Waals surface area contributed by atoms with Gasteiger partial charge in [-0.3, -0.25) is 0 Å². The Labute approximate surface area is 135 Å². The Kier molecular flexibility index (Phi) is 4.30. The topological polar surface area (TPSA) is 57.2 Å². The molecule has 0 spiro atoms. The van der Waals surface area contributed by atoms with E-state index in [4.69, 9.17) is 18.9 Å². The molecular formula is C18H20O5. The summed E-state index contributed by atoms with van der Waals surface area (Å²) in [5.41, 5.74) is 1.65. The fourth-order valence-electron chi connectivity index (χ4n) is 2.91. The summed E-state index contributed by atoms with van der Waals surface area (Å²) < 4.78 is 22.1. The molecule has 122 valence electrons. The van der Waals surface area contributed by atoms with Gasteiger partial charge in [-0.2, -0.15) is 0 Å². The van der Waals surface area contributed by atoms with Crippen LogP contribution in [0.1, 0.15) is 17.2 Å². The third-order valence-electron chi connectivity index (χ3n) is 4.06. The molecule has 23 heavy (non-hydrogen) atoms. The Balaban J connectivity index is 2.03. The Hall–Kier alpha value is -2.40. The molecule has 1 aliphatic rings. The molecule has 0 saturated carbocycles. The molecule has 0 unspecified atom stereocenters. The van der Waals surface area contributed by atoms with Gasteiger partial charge in [0, 0.05) is 29.7 Å². The number of fused-ring (bicyclic) bond motifs is 1. The van der Waals surface area contributed by atoms with Gasteiger partial charge in [0.25, 0.3) is 0 Å². The van der Waals surface area contributed by atoms with Gasteiger partial charge >= 0.3 is 0 Å². The zero-order chi connectivity index (χ0) is 16.4. The Morgan fingerprint density at radius 3 is 2.43 bits per heavy atom. The first-order valence-electron chi connectivity index (χ1n) is 7.40. The van der Waals surface area contributed by atoms with Gasteiger partial charge in [0.2, 0.25) is 0 Å². The van der Waals surface area contributed by atoms with Crippen molar-refractivity contribution in [2.24, 2.45) is 0 Å². The summed E-state index contributed by atoms with van der Waals surface area (Å²) in [6, 6.07) is 11.1. The number of ether oxygens (including phenoxy) is 4. The van der Waals surface area contributed by atoms with Crippen molar-refractivity contribution in [3.8, 4) is 23.0 Å². The van der Waals surface area contributed by atoms with Gasteiger partial charge in [-0.25, -0.2) is 0 Å². The van der Waals surface area contributed by atoms with Crippen molar-refractivity contribution in [3.05, 3.63) is 47.5 Å². The number of para-hydroxylation sites is 1. The van der Waals surface area contributed by atoms with Crippen molar-refractivity contribution < 1.29 is 24.1 Å². The number of aliphatic hydroxyl groups is 1. The third kappa shape index (κ3) is 2.80. The van der Waals surface area contributed by atoms with Crippen LogP contribution in [0, 0.1) is 0 Å². The van der Waals surface area contributed by atoms with Gasteiger partial charge in [0.05, 0.1) is 27.4 Å². The number of hydrogen-bond acceptors (Lipinski definition) is 5. The van der Waals surface area contributed by atoms with Gasteiger partial charge in [-0.05, 0) is 6.07 Å². The lowest BCUT2D eigenvalue weighted by molar-refractivity contribution is 0.0185. The molecule has 0 amide bonds. The molecule has 2 atom stereocenters. The van der Waals surface area contributed by atoms with Crippen molar-refractivity contribution in [3.63, 3.8) is 0 Å². The van der Waals surface area contributed by atoms with E-state index in [-0.39, 0.29) is 0 Å². The molecule has 0 aliphatic carbocycles. The van der Waals surface area contributed by atoms with Crippen molar-refractivity contribution in [2.75, 3.05) is 21.3 Å². The van der Waals surface area contributed by atoms with Crippen LogP contribution in [-0.4, -0.2) is 32.5 Å². The molecule has 3 rings (SSSR count). The minimum absolute atomic E-state index is 0.436. The van der Waals surface area contributed by atoms with Crippen molar-refractivity contribution in [2.45, 2.75) is 18.6 Å². The molecule has 5 nitrogen and oxygen atoms in total. The highest BCUT2D eigenvalue weighted by atomic mass is 16.5. The largest absolute Gasteiger partial charge is 0.496 e. The highest BCUT2D eigenvalue weighted by Crippen LogP contribution is 2.43. The van der Waals surface area contributed by atoms with Crippen molar-refractivity contribution in [1.82, 2.24) is 0 Å². The quantitative estimate of drug-likeness (QED) is 0.940. The smallest absolute Gasteiger partial charge is 0.153 e. The molecule has 0 bridgehead atoms. The lowest BCUT2D eigenvalue weighted by Gasteiger charge is -2.32. The molecule has 1 N–H and O–H groups in total. The van der Waals surface area contributed by atoms with E-state index in [1.807, 2.05) is 30.3 Å². The van der Waals surface area contributed by atoms with Crippen LogP contribution in [0.4, 0.5) is 0 Å². The van der Waals surface area contributed by atoms with E-state index in [0.29, 0.717) is 29.4 Å². The summed E-state index contributed by atoms with van der Waals surface area (Å²) in [6.45, 7) is 0. The van der Waals surface area contributed by atoms with Crippen LogP contribution in [-0.2, 0) is 6.42 Å². The van der Waals surface area contributed by atoms with Gasteiger partial charge < -0.3 is 24.1 Å². The fraction of sp³-hybridized carbons (Fsp3) is 0.333. The molecule has 1 heterocycles. The second kappa shape index (κ2) is 6.38. The zero-order valence-corrected chi connectivity index (χ0v) is 13.4. The molecule has 0 aromatic heterocycles. The lowest BCUT2D eigenvalue weighted by atomic mass is 9.93. The molecule has 0 radical (unpaired) electrons. The Morgan fingerprint density at radius 1 is 1.00 bits per heavy atom. The predicted molar refractivity (Wildman–Crippen MR) is 85.6 cm³/mol. The molecule has 2 aromatic carbocycles. The maximum absolute atomic E-state index is 10.6. The maximum atomic E-state index is 10.6. The first kappa shape index (κ1) is 15.5. The van der Waals surface area contributed by atoms with Gasteiger partial charge in [0.15, 0.2) is 6.10 Å². The zero-order valence-electron chi connectivity index (χ0n) is 13.4. The average molecular weight is 316 g/mol. The van der Waals surface area contributed by atoms with Crippen molar-refractivity contribution >= 4 is 0 Å². The first-order chi connectivity index (χ1) is 11.2. The normalized spacial score (nSPS) is 19.5. The van der Waals surface area contributed by atoms with Gasteiger partial charge in [-0.15, -0.1) is 0 Å². The summed E-state index contributed by atoms with van der Waals surface area (Å²) in [7, 11) is 4.79. The average Bonchev–Trinajstić information content (AvgIpc) is 2.60. The lowest BCUT2D eigenvalue weighted by Crippen LogP contribution is -2.31. The number of methoxy groups -OCH3 is 3. The molecule has 1 aliphatic heterocycles. The number of hydrogen-bond donors (Lipinski definition) is 1. The third-order valence-corrected chi connectivity index (χ3v) is 4.06. The first-order valence-corrected chi connectivity index (χ1v) is 7.40. The summed E-state index contributed by atoms with van der Waals surface area (Å²) in [5.74, 6) is 2.64. The van der Waals surface area contributed by atoms with Crippen LogP contribution in [0.2, 0.25) is 0 Å². The number of benzene rings is 2. The van der Waals surface area contributed by atoms with E-state index in [1.54, 1.807) is 27.4 Å². The van der Waals surface area contributed by atoms with Gasteiger partial charge in [-0.1, -0.05) is 18.2 Å². The number of rotatable bonds is 4. The van der Waals surface area contributed by atoms with E-state index in [2.05, 4.69) is 0 Å². The van der Waals surface area contributed by atoms with Crippen LogP contribution in [0.25, 0.3) is 0 Å². The summed E-state index contributed by atoms with van der Waals surface area (Å²) >= 11 is 0. The molecule has 0 fully saturated rings. The summed E-state index contributed by atoms with van der Waals surface area (Å²) in [6.07, 6.45) is -0.762. The molecule has 0 saturated heterocycles. The monoisotopic (exact) mass is 316 g/mol. The Bertz CT molecular complexity index is 698. The SMILES string of the molecule is COc1cc(OC)c2c(c1)O[C@H](c1ccccc1OC)[C@@H](O)C2. The van der Waals surface area contributed by atoms with E-state index in [9.17, 15) is 5.11 Å². The molecule has 5 heteroatoms. The van der Waals surface area contributed by atoms with Crippen LogP contribution < -0.4 is 18.9 Å². The van der Waals surface area contributed by atoms with E-state index < -0.39 is 12.2 Å². The fourth-order valence-corrected chi connectivity index (χ4v) is 2.91. The Morgan fingerprint density at radius 2 is 1.74 bits per heavy atom. The highest BCUT2D eigenvalue weighted by Gasteiger charge is 2.33. The summed E-state index contributed by atoms with van der Waals surface area (Å²) in [5, 5.41) is 10.6. The predicted octanol–water partition coefficient (Wildman–Crippen LogP) is 2.75. The van der Waals surface area contributed by atoms with E-state index in [0.717, 1.165) is 11.1 Å². The minimum Gasteiger partial charge on any atom is -0.496 e. The van der Waals surface area contributed by atoms with E-state index in [1.165, 1.54) is 0 Å². The second-order valence-corrected chi connectivity index (χ2v) is 5.36. The summed E-state index contributed by atoms with van der Waals surface area (Å²) in [4.78, 5) is 0. The van der Waals surface area contributed by atoms with Crippen LogP contribution >= 0.6 is 0 Å². The van der Waals surface area contributed by atoms with Crippen LogP contribution in [0.5, 0.6) is 23.0 Å². The van der Waals surface area contributed by atoms with Crippen molar-refractivity contribution in [1.29, 1.82) is 0 Å². The maximum Gasteiger partial charge on any atom is 0.153 e. The van der Waals surface area contributed by atoms with Crippen LogP contribution in [0.3, 0.4) is 0 Å². The molecular weight excluding hydrogens is 296 g/mol.